The van der Waals surface area contributed by atoms with Crippen LogP contribution in [0.25, 0.3) is 0 Å². The SMILES string of the molecule is Cc1nn(C)c(=O)c(C(=O)N2C3CCC2c2ccccc23)c1C. The van der Waals surface area contributed by atoms with E-state index in [4.69, 9.17) is 0 Å². The van der Waals surface area contributed by atoms with E-state index in [1.165, 1.54) is 15.8 Å². The largest absolute Gasteiger partial charge is 0.324 e. The lowest BCUT2D eigenvalue weighted by Gasteiger charge is -2.23. The molecule has 2 atom stereocenters. The smallest absolute Gasteiger partial charge is 0.279 e. The molecular formula is C18H19N3O2. The summed E-state index contributed by atoms with van der Waals surface area (Å²) in [5.74, 6) is -0.155. The predicted molar refractivity (Wildman–Crippen MR) is 86.3 cm³/mol. The Morgan fingerprint density at radius 1 is 1.13 bits per heavy atom. The van der Waals surface area contributed by atoms with Gasteiger partial charge in [0.1, 0.15) is 5.56 Å². The molecular weight excluding hydrogens is 290 g/mol. The normalized spacial score (nSPS) is 21.6. The molecule has 0 saturated carbocycles. The third-order valence-electron chi connectivity index (χ3n) is 5.27. The average Bonchev–Trinajstić information content (AvgIpc) is 3.10. The average molecular weight is 309 g/mol. The maximum atomic E-state index is 13.2. The summed E-state index contributed by atoms with van der Waals surface area (Å²) in [7, 11) is 1.60. The van der Waals surface area contributed by atoms with Gasteiger partial charge in [-0.25, -0.2) is 4.68 Å². The maximum Gasteiger partial charge on any atom is 0.279 e. The number of carbonyl (C=O) groups excluding carboxylic acids is 1. The van der Waals surface area contributed by atoms with Gasteiger partial charge in [0.15, 0.2) is 0 Å². The molecule has 1 fully saturated rings. The molecule has 5 heteroatoms. The van der Waals surface area contributed by atoms with Crippen LogP contribution in [0.5, 0.6) is 0 Å². The molecule has 1 aromatic carbocycles. The summed E-state index contributed by atoms with van der Waals surface area (Å²) in [4.78, 5) is 27.6. The third-order valence-corrected chi connectivity index (χ3v) is 5.27. The fraction of sp³-hybridized carbons (Fsp3) is 0.389. The van der Waals surface area contributed by atoms with Crippen molar-refractivity contribution in [2.45, 2.75) is 38.8 Å². The highest BCUT2D eigenvalue weighted by Gasteiger charge is 2.47. The highest BCUT2D eigenvalue weighted by Crippen LogP contribution is 2.53. The van der Waals surface area contributed by atoms with Gasteiger partial charge in [-0.15, -0.1) is 0 Å². The van der Waals surface area contributed by atoms with E-state index < -0.39 is 0 Å². The van der Waals surface area contributed by atoms with E-state index in [9.17, 15) is 9.59 Å². The zero-order valence-electron chi connectivity index (χ0n) is 13.5. The summed E-state index contributed by atoms with van der Waals surface area (Å²) in [6.45, 7) is 3.64. The summed E-state index contributed by atoms with van der Waals surface area (Å²) < 4.78 is 1.26. The van der Waals surface area contributed by atoms with Crippen molar-refractivity contribution in [1.82, 2.24) is 14.7 Å². The van der Waals surface area contributed by atoms with Gasteiger partial charge in [-0.05, 0) is 43.4 Å². The zero-order valence-corrected chi connectivity index (χ0v) is 13.5. The molecule has 2 aliphatic heterocycles. The molecule has 1 amide bonds. The Bertz CT molecular complexity index is 853. The summed E-state index contributed by atoms with van der Waals surface area (Å²) in [6.07, 6.45) is 1.94. The van der Waals surface area contributed by atoms with Crippen molar-refractivity contribution in [3.63, 3.8) is 0 Å². The molecule has 0 N–H and O–H groups in total. The molecule has 0 radical (unpaired) electrons. The van der Waals surface area contributed by atoms with E-state index in [-0.39, 0.29) is 29.1 Å². The number of carbonyl (C=O) groups is 1. The topological polar surface area (TPSA) is 55.2 Å². The van der Waals surface area contributed by atoms with Gasteiger partial charge in [0.2, 0.25) is 0 Å². The Hall–Kier alpha value is -2.43. The molecule has 1 saturated heterocycles. The second kappa shape index (κ2) is 4.78. The van der Waals surface area contributed by atoms with Crippen LogP contribution in [-0.2, 0) is 7.05 Å². The minimum Gasteiger partial charge on any atom is -0.324 e. The number of nitrogens with zero attached hydrogens (tertiary/aromatic N) is 3. The van der Waals surface area contributed by atoms with Crippen LogP contribution >= 0.6 is 0 Å². The second-order valence-electron chi connectivity index (χ2n) is 6.46. The molecule has 2 aromatic rings. The first-order valence-corrected chi connectivity index (χ1v) is 7.96. The molecule has 2 unspecified atom stereocenters. The first-order valence-electron chi connectivity index (χ1n) is 7.96. The van der Waals surface area contributed by atoms with Gasteiger partial charge in [-0.1, -0.05) is 24.3 Å². The quantitative estimate of drug-likeness (QED) is 0.813. The molecule has 4 rings (SSSR count). The van der Waals surface area contributed by atoms with Gasteiger partial charge < -0.3 is 4.90 Å². The number of amides is 1. The summed E-state index contributed by atoms with van der Waals surface area (Å²) >= 11 is 0. The van der Waals surface area contributed by atoms with Crippen molar-refractivity contribution < 1.29 is 4.79 Å². The lowest BCUT2D eigenvalue weighted by molar-refractivity contribution is 0.0693. The van der Waals surface area contributed by atoms with Crippen molar-refractivity contribution in [1.29, 1.82) is 0 Å². The van der Waals surface area contributed by atoms with E-state index in [0.717, 1.165) is 18.5 Å². The fourth-order valence-electron chi connectivity index (χ4n) is 4.05. The summed E-state index contributed by atoms with van der Waals surface area (Å²) in [5.41, 5.74) is 3.83. The van der Waals surface area contributed by atoms with Crippen molar-refractivity contribution in [3.05, 3.63) is 62.6 Å². The van der Waals surface area contributed by atoms with Crippen LogP contribution in [0.4, 0.5) is 0 Å². The Morgan fingerprint density at radius 2 is 1.70 bits per heavy atom. The van der Waals surface area contributed by atoms with Gasteiger partial charge in [0.05, 0.1) is 17.8 Å². The standard InChI is InChI=1S/C18H19N3O2/c1-10-11(2)19-20(3)17(22)16(10)18(23)21-14-8-9-15(21)13-7-5-4-6-12(13)14/h4-7,14-15H,8-9H2,1-3H3. The number of benzene rings is 1. The van der Waals surface area contributed by atoms with Crippen LogP contribution in [-0.4, -0.2) is 20.6 Å². The van der Waals surface area contributed by atoms with Crippen LogP contribution in [0.15, 0.2) is 29.1 Å². The first-order chi connectivity index (χ1) is 11.0. The minimum absolute atomic E-state index is 0.0984. The van der Waals surface area contributed by atoms with Crippen LogP contribution in [0.3, 0.4) is 0 Å². The number of rotatable bonds is 1. The lowest BCUT2D eigenvalue weighted by Crippen LogP contribution is -2.36. The highest BCUT2D eigenvalue weighted by atomic mass is 16.2. The van der Waals surface area contributed by atoms with Crippen molar-refractivity contribution >= 4 is 5.91 Å². The second-order valence-corrected chi connectivity index (χ2v) is 6.46. The van der Waals surface area contributed by atoms with Gasteiger partial charge >= 0.3 is 0 Å². The predicted octanol–water partition coefficient (Wildman–Crippen LogP) is 2.43. The number of hydrogen-bond donors (Lipinski definition) is 0. The Morgan fingerprint density at radius 3 is 2.26 bits per heavy atom. The summed E-state index contributed by atoms with van der Waals surface area (Å²) in [6, 6.07) is 8.43. The van der Waals surface area contributed by atoms with Crippen molar-refractivity contribution in [2.24, 2.45) is 7.05 Å². The molecule has 2 bridgehead atoms. The van der Waals surface area contributed by atoms with E-state index in [0.29, 0.717) is 5.56 Å². The van der Waals surface area contributed by atoms with E-state index in [1.807, 2.05) is 30.9 Å². The number of aryl methyl sites for hydroxylation is 2. The molecule has 118 valence electrons. The van der Waals surface area contributed by atoms with Crippen LogP contribution < -0.4 is 5.56 Å². The molecule has 3 heterocycles. The maximum absolute atomic E-state index is 13.2. The monoisotopic (exact) mass is 309 g/mol. The lowest BCUT2D eigenvalue weighted by atomic mass is 9.92. The minimum atomic E-state index is -0.312. The van der Waals surface area contributed by atoms with Crippen molar-refractivity contribution in [3.8, 4) is 0 Å². The first kappa shape index (κ1) is 14.2. The number of fused-ring (bicyclic) bond motifs is 5. The molecule has 2 aliphatic rings. The van der Waals surface area contributed by atoms with E-state index in [1.54, 1.807) is 7.05 Å². The van der Waals surface area contributed by atoms with Gasteiger partial charge in [-0.2, -0.15) is 5.10 Å². The van der Waals surface area contributed by atoms with E-state index in [2.05, 4.69) is 17.2 Å². The van der Waals surface area contributed by atoms with Crippen molar-refractivity contribution in [2.75, 3.05) is 0 Å². The summed E-state index contributed by atoms with van der Waals surface area (Å²) in [5, 5.41) is 4.17. The van der Waals surface area contributed by atoms with Gasteiger partial charge in [0, 0.05) is 7.05 Å². The zero-order chi connectivity index (χ0) is 16.3. The highest BCUT2D eigenvalue weighted by molar-refractivity contribution is 5.96. The molecule has 1 aromatic heterocycles. The third kappa shape index (κ3) is 1.82. The number of aromatic nitrogens is 2. The fourth-order valence-corrected chi connectivity index (χ4v) is 4.05. The van der Waals surface area contributed by atoms with Gasteiger partial charge in [-0.3, -0.25) is 9.59 Å². The molecule has 23 heavy (non-hydrogen) atoms. The van der Waals surface area contributed by atoms with Gasteiger partial charge in [0.25, 0.3) is 11.5 Å². The molecule has 0 aliphatic carbocycles. The Labute approximate surface area is 134 Å². The Balaban J connectivity index is 1.83. The van der Waals surface area contributed by atoms with E-state index >= 15 is 0 Å². The van der Waals surface area contributed by atoms with Crippen LogP contribution in [0, 0.1) is 13.8 Å². The van der Waals surface area contributed by atoms with Crippen LogP contribution in [0.2, 0.25) is 0 Å². The number of hydrogen-bond acceptors (Lipinski definition) is 3. The molecule has 0 spiro atoms. The van der Waals surface area contributed by atoms with Crippen LogP contribution in [0.1, 0.15) is 57.7 Å². The Kier molecular flexibility index (Phi) is 2.95. The molecule has 5 nitrogen and oxygen atoms in total.